The lowest BCUT2D eigenvalue weighted by Crippen LogP contribution is -2.46. The van der Waals surface area contributed by atoms with Crippen LogP contribution >= 0.6 is 15.9 Å². The number of sulfonamides is 1. The predicted octanol–water partition coefficient (Wildman–Crippen LogP) is 1.81. The highest BCUT2D eigenvalue weighted by Gasteiger charge is 2.37. The first-order chi connectivity index (χ1) is 9.23. The number of hydrogen-bond acceptors (Lipinski definition) is 5. The molecule has 1 heterocycles. The van der Waals surface area contributed by atoms with E-state index in [0.717, 1.165) is 6.07 Å². The lowest BCUT2D eigenvalue weighted by atomic mass is 10.0. The van der Waals surface area contributed by atoms with Crippen molar-refractivity contribution in [1.82, 2.24) is 4.72 Å². The van der Waals surface area contributed by atoms with Gasteiger partial charge < -0.3 is 4.74 Å². The van der Waals surface area contributed by atoms with Gasteiger partial charge in [0.15, 0.2) is 4.90 Å². The van der Waals surface area contributed by atoms with Crippen LogP contribution in [0.2, 0.25) is 0 Å². The second kappa shape index (κ2) is 5.40. The number of rotatable bonds is 4. The molecular formula is C11H13BrN2O5S. The van der Waals surface area contributed by atoms with Gasteiger partial charge in [0.05, 0.1) is 17.1 Å². The summed E-state index contributed by atoms with van der Waals surface area (Å²) in [5, 5.41) is 11.0. The van der Waals surface area contributed by atoms with Gasteiger partial charge in [-0.1, -0.05) is 15.9 Å². The molecule has 110 valence electrons. The van der Waals surface area contributed by atoms with Gasteiger partial charge >= 0.3 is 0 Å². The van der Waals surface area contributed by atoms with Crippen LogP contribution in [0.15, 0.2) is 27.6 Å². The van der Waals surface area contributed by atoms with Crippen LogP contribution in [0.1, 0.15) is 13.3 Å². The fraction of sp³-hybridized carbons (Fsp3) is 0.455. The highest BCUT2D eigenvalue weighted by molar-refractivity contribution is 9.10. The van der Waals surface area contributed by atoms with E-state index in [1.54, 1.807) is 6.92 Å². The largest absolute Gasteiger partial charge is 0.379 e. The number of benzene rings is 1. The molecule has 1 aliphatic heterocycles. The van der Waals surface area contributed by atoms with E-state index in [1.165, 1.54) is 12.1 Å². The molecule has 0 saturated carbocycles. The van der Waals surface area contributed by atoms with Gasteiger partial charge in [0.25, 0.3) is 5.69 Å². The van der Waals surface area contributed by atoms with E-state index in [-0.39, 0.29) is 11.5 Å². The molecule has 1 aliphatic rings. The molecule has 7 nitrogen and oxygen atoms in total. The molecule has 1 aromatic rings. The van der Waals surface area contributed by atoms with Gasteiger partial charge in [0, 0.05) is 17.1 Å². The summed E-state index contributed by atoms with van der Waals surface area (Å²) in [4.78, 5) is 9.90. The molecule has 0 radical (unpaired) electrons. The summed E-state index contributed by atoms with van der Waals surface area (Å²) in [6.07, 6.45) is 0.522. The standard InChI is InChI=1S/C11H13BrN2O5S/c1-11(4-5-19-7-11)13-20(17,18)10-6-8(12)2-3-9(10)14(15)16/h2-3,6,13H,4-5,7H2,1H3. The van der Waals surface area contributed by atoms with Crippen LogP contribution in [0.4, 0.5) is 5.69 Å². The van der Waals surface area contributed by atoms with E-state index in [1.807, 2.05) is 0 Å². The number of nitrogens with one attached hydrogen (secondary N) is 1. The summed E-state index contributed by atoms with van der Waals surface area (Å²) < 4.78 is 32.9. The van der Waals surface area contributed by atoms with Crippen molar-refractivity contribution in [2.45, 2.75) is 23.8 Å². The summed E-state index contributed by atoms with van der Waals surface area (Å²) in [5.41, 5.74) is -1.20. The molecular weight excluding hydrogens is 352 g/mol. The van der Waals surface area contributed by atoms with Gasteiger partial charge in [-0.15, -0.1) is 0 Å². The number of halogens is 1. The topological polar surface area (TPSA) is 98.5 Å². The van der Waals surface area contributed by atoms with Crippen molar-refractivity contribution in [3.63, 3.8) is 0 Å². The highest BCUT2D eigenvalue weighted by atomic mass is 79.9. The molecule has 0 bridgehead atoms. The maximum absolute atomic E-state index is 12.4. The second-order valence-corrected chi connectivity index (χ2v) is 7.40. The van der Waals surface area contributed by atoms with E-state index in [0.29, 0.717) is 17.5 Å². The minimum absolute atomic E-state index is 0.244. The Morgan fingerprint density at radius 2 is 2.20 bits per heavy atom. The summed E-state index contributed by atoms with van der Waals surface area (Å²) >= 11 is 3.12. The first-order valence-electron chi connectivity index (χ1n) is 5.79. The monoisotopic (exact) mass is 364 g/mol. The molecule has 1 N–H and O–H groups in total. The number of nitrogens with zero attached hydrogens (tertiary/aromatic N) is 1. The summed E-state index contributed by atoms with van der Waals surface area (Å²) in [7, 11) is -4.00. The van der Waals surface area contributed by atoms with Crippen LogP contribution in [-0.2, 0) is 14.8 Å². The molecule has 0 amide bonds. The van der Waals surface area contributed by atoms with Crippen LogP contribution in [-0.4, -0.2) is 32.1 Å². The van der Waals surface area contributed by atoms with Crippen LogP contribution in [0.3, 0.4) is 0 Å². The molecule has 20 heavy (non-hydrogen) atoms. The average Bonchev–Trinajstić information content (AvgIpc) is 2.74. The van der Waals surface area contributed by atoms with Gasteiger partial charge in [-0.2, -0.15) is 0 Å². The Morgan fingerprint density at radius 3 is 2.75 bits per heavy atom. The van der Waals surface area contributed by atoms with Gasteiger partial charge in [-0.25, -0.2) is 13.1 Å². The molecule has 0 aliphatic carbocycles. The first kappa shape index (κ1) is 15.4. The Hall–Kier alpha value is -1.03. The summed E-state index contributed by atoms with van der Waals surface area (Å²) in [6, 6.07) is 3.81. The zero-order valence-corrected chi connectivity index (χ0v) is 13.0. The molecule has 1 saturated heterocycles. The average molecular weight is 365 g/mol. The molecule has 1 aromatic carbocycles. The van der Waals surface area contributed by atoms with E-state index in [4.69, 9.17) is 4.74 Å². The van der Waals surface area contributed by atoms with Crippen molar-refractivity contribution < 1.29 is 18.1 Å². The molecule has 9 heteroatoms. The normalized spacial score (nSPS) is 22.9. The first-order valence-corrected chi connectivity index (χ1v) is 8.07. The van der Waals surface area contributed by atoms with Crippen molar-refractivity contribution in [2.24, 2.45) is 0 Å². The minimum Gasteiger partial charge on any atom is -0.379 e. The number of hydrogen-bond donors (Lipinski definition) is 1. The van der Waals surface area contributed by atoms with Gasteiger partial charge in [-0.05, 0) is 25.5 Å². The zero-order chi connectivity index (χ0) is 15.0. The third kappa shape index (κ3) is 3.17. The number of nitro groups is 1. The van der Waals surface area contributed by atoms with Crippen molar-refractivity contribution in [3.8, 4) is 0 Å². The summed E-state index contributed by atoms with van der Waals surface area (Å²) in [6.45, 7) is 2.41. The quantitative estimate of drug-likeness (QED) is 0.648. The Balaban J connectivity index is 2.43. The third-order valence-corrected chi connectivity index (χ3v) is 5.17. The van der Waals surface area contributed by atoms with E-state index in [2.05, 4.69) is 20.7 Å². The Morgan fingerprint density at radius 1 is 1.50 bits per heavy atom. The van der Waals surface area contributed by atoms with Crippen LogP contribution in [0.25, 0.3) is 0 Å². The predicted molar refractivity (Wildman–Crippen MR) is 75.0 cm³/mol. The maximum Gasteiger partial charge on any atom is 0.289 e. The molecule has 2 rings (SSSR count). The number of ether oxygens (including phenoxy) is 1. The van der Waals surface area contributed by atoms with Crippen molar-refractivity contribution in [3.05, 3.63) is 32.8 Å². The molecule has 0 aromatic heterocycles. The minimum atomic E-state index is -4.00. The lowest BCUT2D eigenvalue weighted by Gasteiger charge is -2.23. The lowest BCUT2D eigenvalue weighted by molar-refractivity contribution is -0.387. The highest BCUT2D eigenvalue weighted by Crippen LogP contribution is 2.29. The second-order valence-electron chi connectivity index (χ2n) is 4.84. The van der Waals surface area contributed by atoms with E-state index in [9.17, 15) is 18.5 Å². The smallest absolute Gasteiger partial charge is 0.289 e. The van der Waals surface area contributed by atoms with E-state index < -0.39 is 26.2 Å². The number of nitro benzene ring substituents is 1. The van der Waals surface area contributed by atoms with Gasteiger partial charge in [0.1, 0.15) is 0 Å². The van der Waals surface area contributed by atoms with Crippen LogP contribution in [0, 0.1) is 10.1 Å². The van der Waals surface area contributed by atoms with Crippen molar-refractivity contribution in [1.29, 1.82) is 0 Å². The summed E-state index contributed by atoms with van der Waals surface area (Å²) in [5.74, 6) is 0. The zero-order valence-electron chi connectivity index (χ0n) is 10.6. The van der Waals surface area contributed by atoms with Gasteiger partial charge in [0.2, 0.25) is 10.0 Å². The SMILES string of the molecule is CC1(NS(=O)(=O)c2cc(Br)ccc2[N+](=O)[O-])CCOC1. The third-order valence-electron chi connectivity index (χ3n) is 3.01. The van der Waals surface area contributed by atoms with Crippen LogP contribution in [0.5, 0.6) is 0 Å². The Bertz CT molecular complexity index is 640. The fourth-order valence-electron chi connectivity index (χ4n) is 1.98. The van der Waals surface area contributed by atoms with Gasteiger partial charge in [-0.3, -0.25) is 10.1 Å². The molecule has 1 unspecified atom stereocenters. The molecule has 0 spiro atoms. The fourth-order valence-corrected chi connectivity index (χ4v) is 4.11. The maximum atomic E-state index is 12.4. The Labute approximate surface area is 124 Å². The van der Waals surface area contributed by atoms with E-state index >= 15 is 0 Å². The molecule has 1 atom stereocenters. The van der Waals surface area contributed by atoms with Crippen molar-refractivity contribution in [2.75, 3.05) is 13.2 Å². The van der Waals surface area contributed by atoms with Crippen LogP contribution < -0.4 is 4.72 Å². The Kier molecular flexibility index (Phi) is 4.14. The van der Waals surface area contributed by atoms with Crippen molar-refractivity contribution >= 4 is 31.6 Å². The molecule has 1 fully saturated rings.